The summed E-state index contributed by atoms with van der Waals surface area (Å²) in [5.74, 6) is -0.221. The monoisotopic (exact) mass is 401 g/mol. The van der Waals surface area contributed by atoms with E-state index in [2.05, 4.69) is 10.3 Å². The summed E-state index contributed by atoms with van der Waals surface area (Å²) < 4.78 is 7.24. The lowest BCUT2D eigenvalue weighted by Crippen LogP contribution is -2.22. The quantitative estimate of drug-likeness (QED) is 0.448. The van der Waals surface area contributed by atoms with Crippen LogP contribution >= 0.6 is 0 Å². The maximum atomic E-state index is 12.9. The number of nitrogens with zero attached hydrogens (tertiary/aromatic N) is 1. The Balaban J connectivity index is 1.83. The van der Waals surface area contributed by atoms with Crippen molar-refractivity contribution in [3.8, 4) is 5.75 Å². The Labute approximate surface area is 171 Å². The molecule has 0 saturated carbocycles. The number of benzene rings is 2. The first kappa shape index (κ1) is 18.2. The number of nitrogens with one attached hydrogen (secondary N) is 2. The summed E-state index contributed by atoms with van der Waals surface area (Å²) in [4.78, 5) is 28.9. The lowest BCUT2D eigenvalue weighted by atomic mass is 9.95. The molecule has 0 radical (unpaired) electrons. The molecule has 5 rings (SSSR count). The van der Waals surface area contributed by atoms with Crippen LogP contribution in [0, 0.1) is 0 Å². The number of carbonyl (C=O) groups is 2. The van der Waals surface area contributed by atoms with Gasteiger partial charge in [0.2, 0.25) is 0 Å². The Morgan fingerprint density at radius 1 is 1.00 bits per heavy atom. The van der Waals surface area contributed by atoms with Crippen LogP contribution in [0.3, 0.4) is 0 Å². The summed E-state index contributed by atoms with van der Waals surface area (Å²) >= 11 is 0. The third-order valence-corrected chi connectivity index (χ3v) is 5.49. The van der Waals surface area contributed by atoms with Crippen molar-refractivity contribution in [3.63, 3.8) is 0 Å². The van der Waals surface area contributed by atoms with Crippen LogP contribution in [0.1, 0.15) is 11.1 Å². The molecule has 150 valence electrons. The van der Waals surface area contributed by atoms with Gasteiger partial charge in [-0.2, -0.15) is 0 Å². The van der Waals surface area contributed by atoms with Gasteiger partial charge in [0.15, 0.2) is 0 Å². The van der Waals surface area contributed by atoms with Crippen molar-refractivity contribution in [2.75, 3.05) is 13.7 Å². The maximum Gasteiger partial charge on any atom is 0.259 e. The number of aliphatic hydroxyl groups is 1. The molecule has 2 aromatic carbocycles. The number of carbonyl (C=O) groups excluding carboxylic acids is 2. The van der Waals surface area contributed by atoms with Crippen molar-refractivity contribution in [1.82, 2.24) is 14.9 Å². The Morgan fingerprint density at radius 2 is 1.77 bits per heavy atom. The highest BCUT2D eigenvalue weighted by molar-refractivity contribution is 6.50. The summed E-state index contributed by atoms with van der Waals surface area (Å²) in [7, 11) is 1.58. The first-order chi connectivity index (χ1) is 14.6. The summed E-state index contributed by atoms with van der Waals surface area (Å²) in [5.41, 5.74) is 3.69. The number of imide groups is 1. The van der Waals surface area contributed by atoms with Gasteiger partial charge in [-0.25, -0.2) is 0 Å². The molecule has 0 fully saturated rings. The summed E-state index contributed by atoms with van der Waals surface area (Å²) in [6, 6.07) is 13.2. The minimum atomic E-state index is -0.439. The number of hydrogen-bond acceptors (Lipinski definition) is 4. The highest BCUT2D eigenvalue weighted by Gasteiger charge is 2.35. The number of methoxy groups -OCH3 is 1. The SMILES string of the molecule is COc1ccc2c(c1)c(C1=C(c3c[nH]c4ccccc34)C(=O)NC1=O)cn2CCO. The minimum Gasteiger partial charge on any atom is -0.497 e. The number of aromatic amines is 1. The Kier molecular flexibility index (Phi) is 4.18. The van der Waals surface area contributed by atoms with Gasteiger partial charge < -0.3 is 19.4 Å². The number of H-pyrrole nitrogens is 1. The van der Waals surface area contributed by atoms with Crippen molar-refractivity contribution < 1.29 is 19.4 Å². The fraction of sp³-hybridized carbons (Fsp3) is 0.130. The van der Waals surface area contributed by atoms with Crippen LogP contribution < -0.4 is 10.1 Å². The van der Waals surface area contributed by atoms with Gasteiger partial charge in [0.1, 0.15) is 5.75 Å². The number of aliphatic hydroxyl groups excluding tert-OH is 1. The normalized spacial score (nSPS) is 14.2. The molecule has 3 heterocycles. The fourth-order valence-electron chi connectivity index (χ4n) is 4.14. The fourth-order valence-corrected chi connectivity index (χ4v) is 4.14. The molecule has 1 aliphatic rings. The van der Waals surface area contributed by atoms with Crippen molar-refractivity contribution >= 4 is 44.8 Å². The van der Waals surface area contributed by atoms with Crippen LogP contribution in [0.5, 0.6) is 5.75 Å². The molecular formula is C23H19N3O4. The molecule has 4 aromatic rings. The molecule has 0 atom stereocenters. The molecule has 0 saturated heterocycles. The second kappa shape index (κ2) is 6.89. The van der Waals surface area contributed by atoms with E-state index in [1.165, 1.54) is 0 Å². The zero-order valence-electron chi connectivity index (χ0n) is 16.2. The van der Waals surface area contributed by atoms with Gasteiger partial charge in [0.25, 0.3) is 11.8 Å². The first-order valence-electron chi connectivity index (χ1n) is 9.57. The molecular weight excluding hydrogens is 382 g/mol. The third kappa shape index (κ3) is 2.63. The minimum absolute atomic E-state index is 0.0469. The van der Waals surface area contributed by atoms with Crippen LogP contribution in [-0.4, -0.2) is 40.2 Å². The van der Waals surface area contributed by atoms with E-state index >= 15 is 0 Å². The number of fused-ring (bicyclic) bond motifs is 2. The molecule has 7 heteroatoms. The van der Waals surface area contributed by atoms with Crippen LogP contribution in [0.15, 0.2) is 54.9 Å². The standard InChI is InChI=1S/C23H19N3O4/c1-30-13-6-7-19-15(10-13)17(12-26(19)8-9-27)21-20(22(28)25-23(21)29)16-11-24-18-5-3-2-4-14(16)18/h2-7,10-12,24,27H,8-9H2,1H3,(H,25,28,29). The molecule has 3 N–H and O–H groups in total. The largest absolute Gasteiger partial charge is 0.497 e. The van der Waals surface area contributed by atoms with E-state index in [1.54, 1.807) is 13.3 Å². The van der Waals surface area contributed by atoms with Gasteiger partial charge in [0.05, 0.1) is 24.9 Å². The van der Waals surface area contributed by atoms with Crippen LogP contribution in [0.4, 0.5) is 0 Å². The predicted molar refractivity (Wildman–Crippen MR) is 114 cm³/mol. The molecule has 0 aliphatic carbocycles. The average molecular weight is 401 g/mol. The number of rotatable bonds is 5. The maximum absolute atomic E-state index is 12.9. The predicted octanol–water partition coefficient (Wildman–Crippen LogP) is 2.69. The van der Waals surface area contributed by atoms with E-state index in [0.717, 1.165) is 21.8 Å². The van der Waals surface area contributed by atoms with E-state index in [4.69, 9.17) is 4.74 Å². The topological polar surface area (TPSA) is 96.4 Å². The van der Waals surface area contributed by atoms with Crippen LogP contribution in [0.2, 0.25) is 0 Å². The molecule has 2 aromatic heterocycles. The lowest BCUT2D eigenvalue weighted by Gasteiger charge is -2.04. The van der Waals surface area contributed by atoms with Gasteiger partial charge in [-0.05, 0) is 24.3 Å². The molecule has 0 unspecified atom stereocenters. The number of ether oxygens (including phenoxy) is 1. The van der Waals surface area contributed by atoms with Crippen LogP contribution in [-0.2, 0) is 16.1 Å². The van der Waals surface area contributed by atoms with Gasteiger partial charge in [-0.3, -0.25) is 14.9 Å². The Morgan fingerprint density at radius 3 is 2.53 bits per heavy atom. The zero-order valence-corrected chi connectivity index (χ0v) is 16.2. The van der Waals surface area contributed by atoms with Gasteiger partial charge >= 0.3 is 0 Å². The Bertz CT molecular complexity index is 1360. The lowest BCUT2D eigenvalue weighted by molar-refractivity contribution is -0.122. The highest BCUT2D eigenvalue weighted by Crippen LogP contribution is 2.39. The van der Waals surface area contributed by atoms with E-state index in [-0.39, 0.29) is 6.61 Å². The Hall–Kier alpha value is -3.84. The molecule has 1 aliphatic heterocycles. The van der Waals surface area contributed by atoms with E-state index in [9.17, 15) is 14.7 Å². The van der Waals surface area contributed by atoms with Crippen molar-refractivity contribution in [2.45, 2.75) is 6.54 Å². The summed E-state index contributed by atoms with van der Waals surface area (Å²) in [5, 5.41) is 13.6. The smallest absolute Gasteiger partial charge is 0.259 e. The first-order valence-corrected chi connectivity index (χ1v) is 9.57. The van der Waals surface area contributed by atoms with Gasteiger partial charge in [-0.1, -0.05) is 18.2 Å². The number of amides is 2. The van der Waals surface area contributed by atoms with Gasteiger partial charge in [0, 0.05) is 51.9 Å². The number of hydrogen-bond donors (Lipinski definition) is 3. The molecule has 0 bridgehead atoms. The number of para-hydroxylation sites is 1. The highest BCUT2D eigenvalue weighted by atomic mass is 16.5. The van der Waals surface area contributed by atoms with Gasteiger partial charge in [-0.15, -0.1) is 0 Å². The van der Waals surface area contributed by atoms with E-state index in [0.29, 0.717) is 34.6 Å². The van der Waals surface area contributed by atoms with E-state index in [1.807, 2.05) is 53.2 Å². The molecule has 7 nitrogen and oxygen atoms in total. The summed E-state index contributed by atoms with van der Waals surface area (Å²) in [6.07, 6.45) is 3.56. The number of aromatic nitrogens is 2. The molecule has 2 amide bonds. The second-order valence-corrected chi connectivity index (χ2v) is 7.12. The van der Waals surface area contributed by atoms with Crippen molar-refractivity contribution in [1.29, 1.82) is 0 Å². The van der Waals surface area contributed by atoms with Crippen molar-refractivity contribution in [2.24, 2.45) is 0 Å². The second-order valence-electron chi connectivity index (χ2n) is 7.12. The van der Waals surface area contributed by atoms with Crippen molar-refractivity contribution in [3.05, 3.63) is 66.0 Å². The zero-order chi connectivity index (χ0) is 20.8. The molecule has 0 spiro atoms. The average Bonchev–Trinajstić information content (AvgIpc) is 3.41. The summed E-state index contributed by atoms with van der Waals surface area (Å²) in [6.45, 7) is 0.322. The molecule has 30 heavy (non-hydrogen) atoms. The van der Waals surface area contributed by atoms with E-state index < -0.39 is 11.8 Å². The van der Waals surface area contributed by atoms with Crippen LogP contribution in [0.25, 0.3) is 33.0 Å². The third-order valence-electron chi connectivity index (χ3n) is 5.49.